The number of carbonyl (C=O) groups is 4. The number of methoxy groups -OCH3 is 2. The number of allylic oxidation sites excluding steroid dienone is 1. The van der Waals surface area contributed by atoms with Crippen molar-refractivity contribution in [3.63, 3.8) is 0 Å². The zero-order valence-corrected chi connectivity index (χ0v) is 36.2. The molecule has 60 heavy (non-hydrogen) atoms. The lowest BCUT2D eigenvalue weighted by Gasteiger charge is -2.24. The number of anilines is 2. The van der Waals surface area contributed by atoms with Gasteiger partial charge in [-0.3, -0.25) is 29.7 Å². The van der Waals surface area contributed by atoms with Gasteiger partial charge in [0.05, 0.1) is 42.5 Å². The molecular weight excluding hydrogens is 779 g/mol. The number of hydrogen-bond donors (Lipinski definition) is 3. The van der Waals surface area contributed by atoms with Crippen LogP contribution in [-0.2, 0) is 22.6 Å². The Morgan fingerprint density at radius 2 is 1.70 bits per heavy atom. The Morgan fingerprint density at radius 1 is 1.03 bits per heavy atom. The first-order chi connectivity index (χ1) is 28.2. The Kier molecular flexibility index (Phi) is 17.0. The second-order valence-electron chi connectivity index (χ2n) is 15.2. The van der Waals surface area contributed by atoms with Crippen LogP contribution in [0.4, 0.5) is 22.1 Å². The van der Waals surface area contributed by atoms with Crippen LogP contribution >= 0.6 is 0 Å². The molecule has 4 N–H and O–H groups in total. The molecule has 4 aromatic rings. The number of fused-ring (bicyclic) bond motifs is 1. The standard InChI is InChI=1S/C37H47N9O10.C4H10/c1-9-45-27(17-22(2)42-45)33(48)41-35-40-25-18-24(34(49)54-8)21-29(53-7)31(25)44(35)15-11-10-13-39-30-26(46(51)52)19-23(32(38)47)20-28(30)55-16-12-14-43(6)36(50)56-37(3,4)5;1-4(2)3/h10-11,17-21,39H,9,12-16H2,1-8H3,(H2,38,47)(H,40,41,48);4H,1-3H3/b11-10+;. The lowest BCUT2D eigenvalue weighted by molar-refractivity contribution is -0.384. The zero-order valence-electron chi connectivity index (χ0n) is 36.2. The Hall–Kier alpha value is -6.66. The van der Waals surface area contributed by atoms with E-state index in [9.17, 15) is 29.3 Å². The molecule has 3 amide bonds. The molecule has 2 aromatic heterocycles. The first-order valence-electron chi connectivity index (χ1n) is 19.3. The average Bonchev–Trinajstić information content (AvgIpc) is 3.73. The predicted molar refractivity (Wildman–Crippen MR) is 227 cm³/mol. The third-order valence-electron chi connectivity index (χ3n) is 8.12. The number of nitrogens with two attached hydrogens (primary N) is 1. The highest BCUT2D eigenvalue weighted by molar-refractivity contribution is 6.04. The van der Waals surface area contributed by atoms with Crippen molar-refractivity contribution >= 4 is 52.2 Å². The van der Waals surface area contributed by atoms with Gasteiger partial charge in [0, 0.05) is 44.9 Å². The second kappa shape index (κ2) is 21.4. The molecule has 4 rings (SSSR count). The predicted octanol–water partition coefficient (Wildman–Crippen LogP) is 6.58. The van der Waals surface area contributed by atoms with Crippen molar-refractivity contribution in [3.8, 4) is 11.5 Å². The molecule has 0 saturated carbocycles. The molecule has 0 bridgehead atoms. The van der Waals surface area contributed by atoms with E-state index in [0.717, 1.165) is 12.0 Å². The van der Waals surface area contributed by atoms with Gasteiger partial charge in [0.15, 0.2) is 5.69 Å². The van der Waals surface area contributed by atoms with Gasteiger partial charge in [0.1, 0.15) is 28.3 Å². The summed E-state index contributed by atoms with van der Waals surface area (Å²) in [5, 5.41) is 22.3. The van der Waals surface area contributed by atoms with Crippen molar-refractivity contribution in [1.82, 2.24) is 24.2 Å². The van der Waals surface area contributed by atoms with Crippen LogP contribution in [0, 0.1) is 23.0 Å². The number of aryl methyl sites for hydroxylation is 2. The molecule has 0 unspecified atom stereocenters. The van der Waals surface area contributed by atoms with Crippen LogP contribution in [0.1, 0.15) is 91.8 Å². The van der Waals surface area contributed by atoms with Crippen LogP contribution in [0.2, 0.25) is 0 Å². The first-order valence-corrected chi connectivity index (χ1v) is 19.3. The quantitative estimate of drug-likeness (QED) is 0.0335. The number of primary amides is 1. The molecule has 0 aliphatic carbocycles. The summed E-state index contributed by atoms with van der Waals surface area (Å²) in [4.78, 5) is 67.7. The number of nitro groups is 1. The van der Waals surface area contributed by atoms with Crippen LogP contribution in [0.15, 0.2) is 42.5 Å². The molecule has 19 nitrogen and oxygen atoms in total. The zero-order chi connectivity index (χ0) is 44.9. The highest BCUT2D eigenvalue weighted by atomic mass is 16.6. The average molecular weight is 836 g/mol. The fourth-order valence-electron chi connectivity index (χ4n) is 5.55. The maximum absolute atomic E-state index is 13.5. The van der Waals surface area contributed by atoms with Crippen LogP contribution < -0.4 is 25.8 Å². The Balaban J connectivity index is 0.00000229. The van der Waals surface area contributed by atoms with E-state index >= 15 is 0 Å². The highest BCUT2D eigenvalue weighted by Gasteiger charge is 2.25. The van der Waals surface area contributed by atoms with Gasteiger partial charge in [-0.25, -0.2) is 14.6 Å². The van der Waals surface area contributed by atoms with Crippen LogP contribution in [-0.4, -0.2) is 99.6 Å². The third kappa shape index (κ3) is 13.2. The maximum atomic E-state index is 13.5. The molecule has 0 atom stereocenters. The fraction of sp³-hybridized carbons (Fsp3) is 0.463. The third-order valence-corrected chi connectivity index (χ3v) is 8.12. The monoisotopic (exact) mass is 835 g/mol. The molecular formula is C41H57N9O10. The van der Waals surface area contributed by atoms with Gasteiger partial charge in [0.2, 0.25) is 11.9 Å². The molecule has 0 aliphatic heterocycles. The van der Waals surface area contributed by atoms with Crippen molar-refractivity contribution in [3.05, 3.63) is 75.1 Å². The Labute approximate surface area is 349 Å². The van der Waals surface area contributed by atoms with E-state index < -0.39 is 40.1 Å². The van der Waals surface area contributed by atoms with Crippen LogP contribution in [0.25, 0.3) is 11.0 Å². The summed E-state index contributed by atoms with van der Waals surface area (Å²) in [5.74, 6) is -0.658. The van der Waals surface area contributed by atoms with Gasteiger partial charge >= 0.3 is 12.1 Å². The van der Waals surface area contributed by atoms with Crippen molar-refractivity contribution in [2.24, 2.45) is 11.7 Å². The molecule has 0 aliphatic rings. The second-order valence-corrected chi connectivity index (χ2v) is 15.2. The van der Waals surface area contributed by atoms with E-state index in [1.165, 1.54) is 37.3 Å². The number of nitrogens with zero attached hydrogens (tertiary/aromatic N) is 6. The lowest BCUT2D eigenvalue weighted by Crippen LogP contribution is -2.35. The summed E-state index contributed by atoms with van der Waals surface area (Å²) in [7, 11) is 4.27. The maximum Gasteiger partial charge on any atom is 0.410 e. The van der Waals surface area contributed by atoms with Crippen molar-refractivity contribution < 1.29 is 43.0 Å². The van der Waals surface area contributed by atoms with Crippen LogP contribution in [0.5, 0.6) is 11.5 Å². The largest absolute Gasteiger partial charge is 0.494 e. The Bertz CT molecular complexity index is 2200. The molecule has 19 heteroatoms. The number of nitrogens with one attached hydrogen (secondary N) is 2. The smallest absolute Gasteiger partial charge is 0.410 e. The fourth-order valence-corrected chi connectivity index (χ4v) is 5.55. The van der Waals surface area contributed by atoms with Gasteiger partial charge < -0.3 is 39.5 Å². The summed E-state index contributed by atoms with van der Waals surface area (Å²) >= 11 is 0. The molecule has 2 aromatic carbocycles. The van der Waals surface area contributed by atoms with E-state index in [0.29, 0.717) is 41.1 Å². The van der Waals surface area contributed by atoms with Gasteiger partial charge in [-0.2, -0.15) is 5.10 Å². The number of benzene rings is 2. The summed E-state index contributed by atoms with van der Waals surface area (Å²) in [5.41, 5.74) is 6.24. The van der Waals surface area contributed by atoms with Gasteiger partial charge in [0.25, 0.3) is 11.6 Å². The molecule has 0 radical (unpaired) electrons. The van der Waals surface area contributed by atoms with Gasteiger partial charge in [-0.1, -0.05) is 32.9 Å². The number of amides is 3. The highest BCUT2D eigenvalue weighted by Crippen LogP contribution is 2.36. The summed E-state index contributed by atoms with van der Waals surface area (Å²) in [6, 6.07) is 7.05. The van der Waals surface area contributed by atoms with E-state index in [2.05, 4.69) is 41.5 Å². The number of nitro benzene ring substituents is 1. The van der Waals surface area contributed by atoms with E-state index in [1.54, 1.807) is 62.2 Å². The molecule has 2 heterocycles. The number of esters is 1. The Morgan fingerprint density at radius 3 is 2.28 bits per heavy atom. The number of ether oxygens (including phenoxy) is 4. The minimum atomic E-state index is -0.882. The number of aromatic nitrogens is 4. The number of imidazole rings is 1. The molecule has 326 valence electrons. The van der Waals surface area contributed by atoms with Gasteiger partial charge in [-0.05, 0) is 71.2 Å². The number of rotatable bonds is 17. The normalized spacial score (nSPS) is 11.2. The van der Waals surface area contributed by atoms with Crippen LogP contribution in [0.3, 0.4) is 0 Å². The van der Waals surface area contributed by atoms with Crippen molar-refractivity contribution in [2.45, 2.75) is 80.5 Å². The number of hydrogen-bond acceptors (Lipinski definition) is 13. The molecule has 0 saturated heterocycles. The summed E-state index contributed by atoms with van der Waals surface area (Å²) in [6.45, 7) is 16.4. The van der Waals surface area contributed by atoms with Crippen molar-refractivity contribution in [1.29, 1.82) is 0 Å². The minimum Gasteiger partial charge on any atom is -0.494 e. The SMILES string of the molecule is CC(C)C.CCn1nc(C)cc1C(=O)Nc1nc2cc(C(=O)OC)cc(OC)c2n1C/C=C/CNc1c(OCCCN(C)C(=O)OC(C)(C)C)cc(C(N)=O)cc1[N+](=O)[O-]. The van der Waals surface area contributed by atoms with E-state index in [1.807, 2.05) is 6.92 Å². The summed E-state index contributed by atoms with van der Waals surface area (Å²) < 4.78 is 25.0. The van der Waals surface area contributed by atoms with E-state index in [4.69, 9.17) is 24.7 Å². The molecule has 0 fully saturated rings. The van der Waals surface area contributed by atoms with Crippen molar-refractivity contribution in [2.75, 3.05) is 51.6 Å². The van der Waals surface area contributed by atoms with Gasteiger partial charge in [-0.15, -0.1) is 0 Å². The topological polar surface area (TPSA) is 237 Å². The number of carbonyl (C=O) groups excluding carboxylic acids is 4. The summed E-state index contributed by atoms with van der Waals surface area (Å²) in [6.07, 6.45) is 3.24. The van der Waals surface area contributed by atoms with E-state index in [-0.39, 0.29) is 54.8 Å². The first kappa shape index (κ1) is 47.7. The minimum absolute atomic E-state index is 0.00557. The molecule has 0 spiro atoms. The lowest BCUT2D eigenvalue weighted by atomic mass is 10.1.